The van der Waals surface area contributed by atoms with Crippen LogP contribution in [0.3, 0.4) is 0 Å². The Morgan fingerprint density at radius 1 is 1.33 bits per heavy atom. The largest absolute Gasteiger partial charge is 0.477 e. The van der Waals surface area contributed by atoms with Gasteiger partial charge in [-0.05, 0) is 12.1 Å². The number of hydrogen-bond donors (Lipinski definition) is 1. The van der Waals surface area contributed by atoms with E-state index in [1.165, 1.54) is 12.5 Å². The molecule has 0 unspecified atom stereocenters. The third-order valence-electron chi connectivity index (χ3n) is 3.55. The average molecular weight is 288 g/mol. The Morgan fingerprint density at radius 3 is 2.81 bits per heavy atom. The minimum absolute atomic E-state index is 0.150. The van der Waals surface area contributed by atoms with E-state index in [-0.39, 0.29) is 5.56 Å². The first kappa shape index (κ1) is 13.6. The second-order valence-corrected chi connectivity index (χ2v) is 4.91. The van der Waals surface area contributed by atoms with Gasteiger partial charge in [-0.1, -0.05) is 0 Å². The van der Waals surface area contributed by atoms with Gasteiger partial charge in [-0.2, -0.15) is 0 Å². The Kier molecular flexibility index (Phi) is 3.83. The highest BCUT2D eigenvalue weighted by Gasteiger charge is 2.23. The number of hydrogen-bond acceptors (Lipinski definition) is 6. The van der Waals surface area contributed by atoms with E-state index in [0.717, 1.165) is 38.5 Å². The SMILES string of the molecule is O=C(O)c1cncnc1N1CCN(Cc2ccco2)CC1. The molecule has 1 aliphatic heterocycles. The molecule has 0 amide bonds. The van der Waals surface area contributed by atoms with Gasteiger partial charge in [0.15, 0.2) is 0 Å². The van der Waals surface area contributed by atoms with Crippen molar-refractivity contribution in [1.29, 1.82) is 0 Å². The minimum atomic E-state index is -0.997. The van der Waals surface area contributed by atoms with Crippen LogP contribution in [-0.4, -0.2) is 52.1 Å². The van der Waals surface area contributed by atoms with Gasteiger partial charge in [0, 0.05) is 32.4 Å². The smallest absolute Gasteiger partial charge is 0.341 e. The normalized spacial score (nSPS) is 16.1. The van der Waals surface area contributed by atoms with Crippen LogP contribution in [0.25, 0.3) is 0 Å². The lowest BCUT2D eigenvalue weighted by Crippen LogP contribution is -2.46. The first-order valence-electron chi connectivity index (χ1n) is 6.77. The number of piperazine rings is 1. The lowest BCUT2D eigenvalue weighted by Gasteiger charge is -2.35. The molecule has 21 heavy (non-hydrogen) atoms. The second kappa shape index (κ2) is 5.92. The van der Waals surface area contributed by atoms with Gasteiger partial charge in [-0.3, -0.25) is 4.90 Å². The number of carboxylic acids is 1. The van der Waals surface area contributed by atoms with Crippen molar-refractivity contribution in [2.75, 3.05) is 31.1 Å². The van der Waals surface area contributed by atoms with Crippen LogP contribution in [-0.2, 0) is 6.54 Å². The summed E-state index contributed by atoms with van der Waals surface area (Å²) in [6.07, 6.45) is 4.41. The van der Waals surface area contributed by atoms with Crippen LogP contribution in [0.5, 0.6) is 0 Å². The summed E-state index contributed by atoms with van der Waals surface area (Å²) < 4.78 is 5.34. The first-order valence-corrected chi connectivity index (χ1v) is 6.77. The maximum atomic E-state index is 11.2. The maximum absolute atomic E-state index is 11.2. The molecule has 1 aliphatic rings. The Balaban J connectivity index is 1.64. The predicted octanol–water partition coefficient (Wildman–Crippen LogP) is 1.09. The average Bonchev–Trinajstić information content (AvgIpc) is 3.01. The number of carbonyl (C=O) groups is 1. The summed E-state index contributed by atoms with van der Waals surface area (Å²) in [5, 5.41) is 9.19. The molecule has 0 aliphatic carbocycles. The van der Waals surface area contributed by atoms with Crippen LogP contribution in [0.4, 0.5) is 5.82 Å². The van der Waals surface area contributed by atoms with Crippen molar-refractivity contribution < 1.29 is 14.3 Å². The lowest BCUT2D eigenvalue weighted by atomic mass is 10.2. The Bertz CT molecular complexity index is 606. The summed E-state index contributed by atoms with van der Waals surface area (Å²) in [6.45, 7) is 3.92. The van der Waals surface area contributed by atoms with Crippen molar-refractivity contribution >= 4 is 11.8 Å². The van der Waals surface area contributed by atoms with E-state index in [2.05, 4.69) is 14.9 Å². The summed E-state index contributed by atoms with van der Waals surface area (Å²) in [7, 11) is 0. The minimum Gasteiger partial charge on any atom is -0.477 e. The zero-order valence-corrected chi connectivity index (χ0v) is 11.5. The molecule has 0 saturated carbocycles. The number of rotatable bonds is 4. The Hall–Kier alpha value is -2.41. The summed E-state index contributed by atoms with van der Waals surface area (Å²) in [4.78, 5) is 23.4. The van der Waals surface area contributed by atoms with E-state index in [1.807, 2.05) is 17.0 Å². The number of aromatic carboxylic acids is 1. The quantitative estimate of drug-likeness (QED) is 0.901. The van der Waals surface area contributed by atoms with Gasteiger partial charge in [-0.15, -0.1) is 0 Å². The molecule has 2 aromatic heterocycles. The zero-order chi connectivity index (χ0) is 14.7. The number of anilines is 1. The molecular weight excluding hydrogens is 272 g/mol. The molecule has 7 nitrogen and oxygen atoms in total. The molecule has 2 aromatic rings. The monoisotopic (exact) mass is 288 g/mol. The van der Waals surface area contributed by atoms with E-state index in [4.69, 9.17) is 4.42 Å². The number of aromatic nitrogens is 2. The van der Waals surface area contributed by atoms with Gasteiger partial charge >= 0.3 is 5.97 Å². The van der Waals surface area contributed by atoms with E-state index >= 15 is 0 Å². The van der Waals surface area contributed by atoms with Gasteiger partial charge in [0.2, 0.25) is 0 Å². The topological polar surface area (TPSA) is 82.7 Å². The fraction of sp³-hybridized carbons (Fsp3) is 0.357. The molecule has 1 fully saturated rings. The fourth-order valence-corrected chi connectivity index (χ4v) is 2.47. The highest BCUT2D eigenvalue weighted by molar-refractivity contribution is 5.92. The second-order valence-electron chi connectivity index (χ2n) is 4.91. The van der Waals surface area contributed by atoms with Crippen molar-refractivity contribution in [2.45, 2.75) is 6.54 Å². The van der Waals surface area contributed by atoms with Gasteiger partial charge in [0.1, 0.15) is 23.5 Å². The third-order valence-corrected chi connectivity index (χ3v) is 3.55. The van der Waals surface area contributed by atoms with Crippen molar-refractivity contribution in [3.8, 4) is 0 Å². The highest BCUT2D eigenvalue weighted by Crippen LogP contribution is 2.19. The van der Waals surface area contributed by atoms with Gasteiger partial charge in [-0.25, -0.2) is 14.8 Å². The molecule has 0 radical (unpaired) electrons. The zero-order valence-electron chi connectivity index (χ0n) is 11.5. The summed E-state index contributed by atoms with van der Waals surface area (Å²) >= 11 is 0. The van der Waals surface area contributed by atoms with Crippen molar-refractivity contribution in [3.05, 3.63) is 42.2 Å². The Labute approximate surface area is 121 Å². The first-order chi connectivity index (χ1) is 10.2. The molecule has 0 aromatic carbocycles. The number of furan rings is 1. The fourth-order valence-electron chi connectivity index (χ4n) is 2.47. The molecule has 3 heterocycles. The molecule has 7 heteroatoms. The van der Waals surface area contributed by atoms with Crippen LogP contribution in [0.1, 0.15) is 16.1 Å². The summed E-state index contributed by atoms with van der Waals surface area (Å²) in [6, 6.07) is 3.84. The van der Waals surface area contributed by atoms with E-state index in [9.17, 15) is 9.90 Å². The highest BCUT2D eigenvalue weighted by atomic mass is 16.4. The molecule has 3 rings (SSSR count). The van der Waals surface area contributed by atoms with Crippen LogP contribution >= 0.6 is 0 Å². The standard InChI is InChI=1S/C14H16N4O3/c19-14(20)12-8-15-10-16-13(12)18-5-3-17(4-6-18)9-11-2-1-7-21-11/h1-2,7-8,10H,3-6,9H2,(H,19,20). The molecule has 0 bridgehead atoms. The van der Waals surface area contributed by atoms with E-state index in [1.54, 1.807) is 6.26 Å². The van der Waals surface area contributed by atoms with Crippen molar-refractivity contribution in [1.82, 2.24) is 14.9 Å². The number of carboxylic acid groups (broad SMARTS) is 1. The van der Waals surface area contributed by atoms with E-state index in [0.29, 0.717) is 5.82 Å². The Morgan fingerprint density at radius 2 is 2.14 bits per heavy atom. The van der Waals surface area contributed by atoms with Crippen LogP contribution in [0.15, 0.2) is 35.3 Å². The molecule has 1 N–H and O–H groups in total. The third kappa shape index (κ3) is 3.03. The predicted molar refractivity (Wildman–Crippen MR) is 75.2 cm³/mol. The molecule has 1 saturated heterocycles. The molecule has 0 spiro atoms. The molecular formula is C14H16N4O3. The molecule has 110 valence electrons. The van der Waals surface area contributed by atoms with Crippen molar-refractivity contribution in [2.24, 2.45) is 0 Å². The van der Waals surface area contributed by atoms with Crippen LogP contribution in [0.2, 0.25) is 0 Å². The molecule has 0 atom stereocenters. The van der Waals surface area contributed by atoms with Crippen molar-refractivity contribution in [3.63, 3.8) is 0 Å². The maximum Gasteiger partial charge on any atom is 0.341 e. The lowest BCUT2D eigenvalue weighted by molar-refractivity contribution is 0.0696. The van der Waals surface area contributed by atoms with Gasteiger partial charge in [0.25, 0.3) is 0 Å². The van der Waals surface area contributed by atoms with Crippen LogP contribution < -0.4 is 4.90 Å². The van der Waals surface area contributed by atoms with Gasteiger partial charge in [0.05, 0.1) is 12.8 Å². The summed E-state index contributed by atoms with van der Waals surface area (Å²) in [5.41, 5.74) is 0.150. The summed E-state index contributed by atoms with van der Waals surface area (Å²) in [5.74, 6) is 0.440. The van der Waals surface area contributed by atoms with E-state index < -0.39 is 5.97 Å². The van der Waals surface area contributed by atoms with Gasteiger partial charge < -0.3 is 14.4 Å². The van der Waals surface area contributed by atoms with Crippen LogP contribution in [0, 0.1) is 0 Å². The number of nitrogens with zero attached hydrogens (tertiary/aromatic N) is 4.